The molecule has 0 aromatic heterocycles. The number of ether oxygens (including phenoxy) is 1. The molecule has 0 saturated heterocycles. The van der Waals surface area contributed by atoms with E-state index in [0.717, 1.165) is 0 Å². The van der Waals surface area contributed by atoms with Crippen LogP contribution in [0.25, 0.3) is 0 Å². The van der Waals surface area contributed by atoms with Crippen LogP contribution >= 0.6 is 11.6 Å². The van der Waals surface area contributed by atoms with E-state index in [1.807, 2.05) is 0 Å². The third-order valence-electron chi connectivity index (χ3n) is 2.74. The van der Waals surface area contributed by atoms with Gasteiger partial charge in [-0.3, -0.25) is 4.79 Å². The van der Waals surface area contributed by atoms with Crippen molar-refractivity contribution in [1.82, 2.24) is 4.72 Å². The first-order valence-electron chi connectivity index (χ1n) is 6.35. The standard InChI is InChI=1S/C14H19ClFNO3S/c1-14(2,3)21(19)17-12(8-13(18)20-4)10-7-9(15)5-6-11(10)16/h5-7,12,17H,8H2,1-4H3/t12-,21+/m0/s1. The second-order valence-corrected chi connectivity index (χ2v) is 7.93. The van der Waals surface area contributed by atoms with Crippen molar-refractivity contribution in [1.29, 1.82) is 0 Å². The molecule has 0 saturated carbocycles. The van der Waals surface area contributed by atoms with Crippen LogP contribution in [0.15, 0.2) is 18.2 Å². The summed E-state index contributed by atoms with van der Waals surface area (Å²) in [7, 11) is 1.24. The molecule has 1 rings (SSSR count). The van der Waals surface area contributed by atoms with Crippen LogP contribution in [0, 0.1) is 5.82 Å². The van der Waals surface area contributed by atoms with E-state index in [1.165, 1.54) is 25.3 Å². The Hall–Kier alpha value is -0.820. The summed E-state index contributed by atoms with van der Waals surface area (Å²) < 4.78 is 33.0. The Labute approximate surface area is 132 Å². The molecular formula is C14H19ClFNO3S. The van der Waals surface area contributed by atoms with E-state index < -0.39 is 33.9 Å². The fourth-order valence-corrected chi connectivity index (χ4v) is 2.56. The monoisotopic (exact) mass is 335 g/mol. The summed E-state index contributed by atoms with van der Waals surface area (Å²) in [6.45, 7) is 5.33. The van der Waals surface area contributed by atoms with Crippen molar-refractivity contribution < 1.29 is 18.5 Å². The lowest BCUT2D eigenvalue weighted by atomic mass is 10.0. The maximum absolute atomic E-state index is 14.0. The minimum Gasteiger partial charge on any atom is -0.598 e. The zero-order valence-corrected chi connectivity index (χ0v) is 14.0. The highest BCUT2D eigenvalue weighted by Crippen LogP contribution is 2.27. The molecule has 0 aliphatic rings. The number of carbonyl (C=O) groups is 1. The van der Waals surface area contributed by atoms with E-state index in [0.29, 0.717) is 5.02 Å². The topological polar surface area (TPSA) is 61.4 Å². The van der Waals surface area contributed by atoms with Gasteiger partial charge in [0.15, 0.2) is 0 Å². The van der Waals surface area contributed by atoms with Gasteiger partial charge in [-0.15, -0.1) is 4.72 Å². The van der Waals surface area contributed by atoms with E-state index in [4.69, 9.17) is 11.6 Å². The van der Waals surface area contributed by atoms with Gasteiger partial charge in [0.25, 0.3) is 0 Å². The lowest BCUT2D eigenvalue weighted by Crippen LogP contribution is -2.42. The fraction of sp³-hybridized carbons (Fsp3) is 0.500. The van der Waals surface area contributed by atoms with Gasteiger partial charge in [-0.05, 0) is 39.0 Å². The Kier molecular flexibility index (Phi) is 6.46. The SMILES string of the molecule is COC(=O)C[C@H](N[S@+]([O-])C(C)(C)C)c1cc(Cl)ccc1F. The highest BCUT2D eigenvalue weighted by molar-refractivity contribution is 7.90. The Morgan fingerprint density at radius 1 is 1.52 bits per heavy atom. The summed E-state index contributed by atoms with van der Waals surface area (Å²) in [6.07, 6.45) is -0.143. The second kappa shape index (κ2) is 7.45. The minimum atomic E-state index is -1.47. The predicted molar refractivity (Wildman–Crippen MR) is 81.8 cm³/mol. The molecule has 1 N–H and O–H groups in total. The highest BCUT2D eigenvalue weighted by atomic mass is 35.5. The van der Waals surface area contributed by atoms with Crippen LogP contribution in [0.3, 0.4) is 0 Å². The zero-order chi connectivity index (χ0) is 16.2. The summed E-state index contributed by atoms with van der Waals surface area (Å²) >= 11 is 4.40. The van der Waals surface area contributed by atoms with Gasteiger partial charge in [-0.25, -0.2) is 4.39 Å². The molecule has 0 bridgehead atoms. The zero-order valence-electron chi connectivity index (χ0n) is 12.4. The fourth-order valence-electron chi connectivity index (χ4n) is 1.55. The van der Waals surface area contributed by atoms with Gasteiger partial charge >= 0.3 is 5.97 Å². The van der Waals surface area contributed by atoms with Crippen molar-refractivity contribution in [2.75, 3.05) is 7.11 Å². The molecule has 0 heterocycles. The molecule has 0 aliphatic heterocycles. The molecule has 0 spiro atoms. The number of esters is 1. The molecule has 118 valence electrons. The first kappa shape index (κ1) is 18.2. The van der Waals surface area contributed by atoms with Crippen LogP contribution in [0.1, 0.15) is 38.8 Å². The maximum Gasteiger partial charge on any atom is 0.307 e. The van der Waals surface area contributed by atoms with Gasteiger partial charge in [0.2, 0.25) is 0 Å². The molecule has 0 aliphatic carbocycles. The molecule has 1 aromatic carbocycles. The third kappa shape index (κ3) is 5.47. The van der Waals surface area contributed by atoms with Gasteiger partial charge in [0, 0.05) is 21.9 Å². The number of nitrogens with one attached hydrogen (secondary N) is 1. The molecule has 0 unspecified atom stereocenters. The minimum absolute atomic E-state index is 0.143. The summed E-state index contributed by atoms with van der Waals surface area (Å²) in [5.74, 6) is -1.05. The van der Waals surface area contributed by atoms with Crippen molar-refractivity contribution in [3.63, 3.8) is 0 Å². The highest BCUT2D eigenvalue weighted by Gasteiger charge is 2.32. The largest absolute Gasteiger partial charge is 0.598 e. The lowest BCUT2D eigenvalue weighted by molar-refractivity contribution is -0.141. The van der Waals surface area contributed by atoms with Gasteiger partial charge in [-0.1, -0.05) is 11.6 Å². The number of hydrogen-bond acceptors (Lipinski definition) is 4. The molecule has 0 amide bonds. The normalized spacial score (nSPS) is 14.6. The van der Waals surface area contributed by atoms with Crippen LogP contribution < -0.4 is 4.72 Å². The van der Waals surface area contributed by atoms with Gasteiger partial charge in [0.1, 0.15) is 10.6 Å². The smallest absolute Gasteiger partial charge is 0.307 e. The number of rotatable bonds is 5. The van der Waals surface area contributed by atoms with E-state index in [9.17, 15) is 13.7 Å². The van der Waals surface area contributed by atoms with Crippen LogP contribution in [-0.4, -0.2) is 22.4 Å². The Morgan fingerprint density at radius 2 is 2.14 bits per heavy atom. The van der Waals surface area contributed by atoms with E-state index in [-0.39, 0.29) is 12.0 Å². The number of halogens is 2. The Balaban J connectivity index is 3.07. The summed E-state index contributed by atoms with van der Waals surface area (Å²) in [6, 6.07) is 3.26. The molecule has 7 heteroatoms. The molecule has 1 aromatic rings. The van der Waals surface area contributed by atoms with Gasteiger partial charge in [0.05, 0.1) is 19.6 Å². The first-order valence-corrected chi connectivity index (χ1v) is 7.87. The Bertz CT molecular complexity index is 507. The van der Waals surface area contributed by atoms with Crippen molar-refractivity contribution in [2.24, 2.45) is 0 Å². The van der Waals surface area contributed by atoms with Gasteiger partial charge < -0.3 is 9.29 Å². The average Bonchev–Trinajstić information content (AvgIpc) is 2.39. The van der Waals surface area contributed by atoms with Crippen LogP contribution in [0.4, 0.5) is 4.39 Å². The average molecular weight is 336 g/mol. The summed E-state index contributed by atoms with van der Waals surface area (Å²) in [5.41, 5.74) is 0.186. The third-order valence-corrected chi connectivity index (χ3v) is 4.58. The van der Waals surface area contributed by atoms with Crippen LogP contribution in [-0.2, 0) is 20.9 Å². The van der Waals surface area contributed by atoms with Crippen molar-refractivity contribution >= 4 is 28.9 Å². The maximum atomic E-state index is 14.0. The summed E-state index contributed by atoms with van der Waals surface area (Å²) in [5, 5.41) is 0.338. The number of carbonyl (C=O) groups excluding carboxylic acids is 1. The van der Waals surface area contributed by atoms with Crippen molar-refractivity contribution in [3.05, 3.63) is 34.6 Å². The van der Waals surface area contributed by atoms with E-state index in [2.05, 4.69) is 9.46 Å². The van der Waals surface area contributed by atoms with Gasteiger partial charge in [-0.2, -0.15) is 0 Å². The number of hydrogen-bond donors (Lipinski definition) is 1. The molecule has 21 heavy (non-hydrogen) atoms. The van der Waals surface area contributed by atoms with E-state index in [1.54, 1.807) is 20.8 Å². The van der Waals surface area contributed by atoms with E-state index >= 15 is 0 Å². The molecule has 0 radical (unpaired) electrons. The number of methoxy groups -OCH3 is 1. The van der Waals surface area contributed by atoms with Crippen molar-refractivity contribution in [3.8, 4) is 0 Å². The first-order chi connectivity index (χ1) is 9.65. The second-order valence-electron chi connectivity index (χ2n) is 5.50. The molecule has 2 atom stereocenters. The number of benzene rings is 1. The summed E-state index contributed by atoms with van der Waals surface area (Å²) in [4.78, 5) is 11.5. The lowest BCUT2D eigenvalue weighted by Gasteiger charge is -2.28. The Morgan fingerprint density at radius 3 is 2.67 bits per heavy atom. The molecule has 4 nitrogen and oxygen atoms in total. The van der Waals surface area contributed by atoms with Crippen LogP contribution in [0.2, 0.25) is 5.02 Å². The molecule has 0 fully saturated rings. The molecular weight excluding hydrogens is 317 g/mol. The van der Waals surface area contributed by atoms with Crippen molar-refractivity contribution in [2.45, 2.75) is 38.0 Å². The van der Waals surface area contributed by atoms with Crippen LogP contribution in [0.5, 0.6) is 0 Å². The predicted octanol–water partition coefficient (Wildman–Crippen LogP) is 3.14. The quantitative estimate of drug-likeness (QED) is 0.663.